The summed E-state index contributed by atoms with van der Waals surface area (Å²) in [5.74, 6) is 0. The molecule has 1 aliphatic heterocycles. The lowest BCUT2D eigenvalue weighted by molar-refractivity contribution is -0.00670. The Morgan fingerprint density at radius 2 is 1.84 bits per heavy atom. The van der Waals surface area contributed by atoms with Gasteiger partial charge in [-0.1, -0.05) is 30.3 Å². The van der Waals surface area contributed by atoms with E-state index < -0.39 is 5.60 Å². The molecule has 0 bridgehead atoms. The molecular formula is C16H26N2O. The fourth-order valence-electron chi connectivity index (χ4n) is 2.54. The van der Waals surface area contributed by atoms with E-state index >= 15 is 0 Å². The fourth-order valence-corrected chi connectivity index (χ4v) is 2.54. The van der Waals surface area contributed by atoms with Crippen molar-refractivity contribution in [1.29, 1.82) is 0 Å². The number of piperidine rings is 1. The Labute approximate surface area is 116 Å². The molecule has 2 rings (SSSR count). The minimum atomic E-state index is -0.438. The molecule has 3 nitrogen and oxygen atoms in total. The number of aliphatic hydroxyl groups is 1. The van der Waals surface area contributed by atoms with Crippen LogP contribution in [0, 0.1) is 0 Å². The third-order valence-corrected chi connectivity index (χ3v) is 4.03. The lowest BCUT2D eigenvalue weighted by Crippen LogP contribution is -2.44. The van der Waals surface area contributed by atoms with Gasteiger partial charge in [-0.05, 0) is 32.4 Å². The highest BCUT2D eigenvalue weighted by Crippen LogP contribution is 2.20. The molecule has 0 aromatic heterocycles. The Kier molecular flexibility index (Phi) is 4.97. The van der Waals surface area contributed by atoms with Crippen LogP contribution in [0.3, 0.4) is 0 Å². The van der Waals surface area contributed by atoms with Gasteiger partial charge in [-0.2, -0.15) is 0 Å². The maximum absolute atomic E-state index is 9.93. The van der Waals surface area contributed by atoms with E-state index in [0.717, 1.165) is 45.6 Å². The summed E-state index contributed by atoms with van der Waals surface area (Å²) >= 11 is 0. The lowest BCUT2D eigenvalue weighted by Gasteiger charge is -2.36. The Bertz CT molecular complexity index is 368. The molecule has 19 heavy (non-hydrogen) atoms. The standard InChI is InChI=1S/C16H26N2O/c1-16(19)8-10-18(11-9-16)13-12-17(2)14-15-6-4-3-5-7-15/h3-7,19H,8-14H2,1-2H3. The predicted octanol–water partition coefficient (Wildman–Crippen LogP) is 1.97. The van der Waals surface area contributed by atoms with Crippen LogP contribution in [0.25, 0.3) is 0 Å². The molecule has 1 aromatic rings. The van der Waals surface area contributed by atoms with E-state index in [0.29, 0.717) is 0 Å². The van der Waals surface area contributed by atoms with Gasteiger partial charge in [0.1, 0.15) is 0 Å². The Morgan fingerprint density at radius 1 is 1.21 bits per heavy atom. The van der Waals surface area contributed by atoms with Gasteiger partial charge in [0, 0.05) is 32.7 Å². The molecule has 1 aromatic carbocycles. The van der Waals surface area contributed by atoms with E-state index in [1.807, 2.05) is 6.92 Å². The zero-order valence-electron chi connectivity index (χ0n) is 12.2. The van der Waals surface area contributed by atoms with Crippen LogP contribution in [0.4, 0.5) is 0 Å². The highest BCUT2D eigenvalue weighted by atomic mass is 16.3. The Hall–Kier alpha value is -0.900. The summed E-state index contributed by atoms with van der Waals surface area (Å²) < 4.78 is 0. The molecule has 0 aliphatic carbocycles. The first kappa shape index (κ1) is 14.5. The van der Waals surface area contributed by atoms with Crippen LogP contribution in [0.15, 0.2) is 30.3 Å². The number of benzene rings is 1. The molecule has 0 atom stereocenters. The maximum Gasteiger partial charge on any atom is 0.0644 e. The normalized spacial score (nSPS) is 19.8. The molecule has 0 unspecified atom stereocenters. The minimum absolute atomic E-state index is 0.438. The first-order chi connectivity index (χ1) is 9.05. The molecule has 0 radical (unpaired) electrons. The van der Waals surface area contributed by atoms with Crippen molar-refractivity contribution in [2.24, 2.45) is 0 Å². The van der Waals surface area contributed by atoms with Crippen LogP contribution in [-0.2, 0) is 6.54 Å². The molecule has 1 heterocycles. The second kappa shape index (κ2) is 6.51. The van der Waals surface area contributed by atoms with Gasteiger partial charge in [-0.3, -0.25) is 0 Å². The van der Waals surface area contributed by atoms with Crippen molar-refractivity contribution in [2.75, 3.05) is 33.2 Å². The summed E-state index contributed by atoms with van der Waals surface area (Å²) in [7, 11) is 2.17. The van der Waals surface area contributed by atoms with E-state index in [2.05, 4.69) is 47.2 Å². The number of nitrogens with zero attached hydrogens (tertiary/aromatic N) is 2. The molecule has 106 valence electrons. The highest BCUT2D eigenvalue weighted by molar-refractivity contribution is 5.14. The van der Waals surface area contributed by atoms with Gasteiger partial charge in [0.2, 0.25) is 0 Å². The van der Waals surface area contributed by atoms with Crippen molar-refractivity contribution in [3.63, 3.8) is 0 Å². The first-order valence-electron chi connectivity index (χ1n) is 7.22. The van der Waals surface area contributed by atoms with Gasteiger partial charge in [0.15, 0.2) is 0 Å². The molecular weight excluding hydrogens is 236 g/mol. The largest absolute Gasteiger partial charge is 0.390 e. The number of likely N-dealkylation sites (N-methyl/N-ethyl adjacent to an activating group) is 1. The Balaban J connectivity index is 1.68. The number of likely N-dealkylation sites (tertiary alicyclic amines) is 1. The second-order valence-electron chi connectivity index (χ2n) is 6.06. The van der Waals surface area contributed by atoms with Crippen molar-refractivity contribution >= 4 is 0 Å². The van der Waals surface area contributed by atoms with Crippen molar-refractivity contribution in [3.05, 3.63) is 35.9 Å². The molecule has 3 heteroatoms. The van der Waals surface area contributed by atoms with E-state index in [-0.39, 0.29) is 0 Å². The number of rotatable bonds is 5. The van der Waals surface area contributed by atoms with Crippen LogP contribution in [0.5, 0.6) is 0 Å². The van der Waals surface area contributed by atoms with Gasteiger partial charge in [-0.25, -0.2) is 0 Å². The van der Waals surface area contributed by atoms with E-state index in [1.165, 1.54) is 5.56 Å². The fraction of sp³-hybridized carbons (Fsp3) is 0.625. The monoisotopic (exact) mass is 262 g/mol. The van der Waals surface area contributed by atoms with Gasteiger partial charge < -0.3 is 14.9 Å². The second-order valence-corrected chi connectivity index (χ2v) is 6.06. The summed E-state index contributed by atoms with van der Waals surface area (Å²) in [4.78, 5) is 4.82. The maximum atomic E-state index is 9.93. The van der Waals surface area contributed by atoms with E-state index in [9.17, 15) is 5.11 Å². The minimum Gasteiger partial charge on any atom is -0.390 e. The van der Waals surface area contributed by atoms with Gasteiger partial charge >= 0.3 is 0 Å². The average molecular weight is 262 g/mol. The highest BCUT2D eigenvalue weighted by Gasteiger charge is 2.26. The van der Waals surface area contributed by atoms with Gasteiger partial charge in [0.25, 0.3) is 0 Å². The Morgan fingerprint density at radius 3 is 2.47 bits per heavy atom. The predicted molar refractivity (Wildman–Crippen MR) is 79.1 cm³/mol. The third-order valence-electron chi connectivity index (χ3n) is 4.03. The molecule has 0 spiro atoms. The van der Waals surface area contributed by atoms with Crippen LogP contribution in [-0.4, -0.2) is 53.7 Å². The topological polar surface area (TPSA) is 26.7 Å². The SMILES string of the molecule is CN(CCN1CCC(C)(O)CC1)Cc1ccccc1. The van der Waals surface area contributed by atoms with E-state index in [1.54, 1.807) is 0 Å². The summed E-state index contributed by atoms with van der Waals surface area (Å²) in [6.45, 7) is 7.17. The molecule has 1 saturated heterocycles. The molecule has 0 amide bonds. The molecule has 1 aliphatic rings. The summed E-state index contributed by atoms with van der Waals surface area (Å²) in [5.41, 5.74) is 0.929. The summed E-state index contributed by atoms with van der Waals surface area (Å²) in [6, 6.07) is 10.6. The number of hydrogen-bond acceptors (Lipinski definition) is 3. The van der Waals surface area contributed by atoms with Crippen LogP contribution < -0.4 is 0 Å². The smallest absolute Gasteiger partial charge is 0.0644 e. The van der Waals surface area contributed by atoms with Crippen molar-refractivity contribution in [1.82, 2.24) is 9.80 Å². The number of hydrogen-bond donors (Lipinski definition) is 1. The van der Waals surface area contributed by atoms with Crippen LogP contribution in [0.1, 0.15) is 25.3 Å². The molecule has 1 fully saturated rings. The van der Waals surface area contributed by atoms with Crippen molar-refractivity contribution < 1.29 is 5.11 Å². The zero-order valence-corrected chi connectivity index (χ0v) is 12.2. The quantitative estimate of drug-likeness (QED) is 0.879. The first-order valence-corrected chi connectivity index (χ1v) is 7.22. The van der Waals surface area contributed by atoms with Gasteiger partial charge in [0.05, 0.1) is 5.60 Å². The summed E-state index contributed by atoms with van der Waals surface area (Å²) in [5, 5.41) is 9.93. The van der Waals surface area contributed by atoms with E-state index in [4.69, 9.17) is 0 Å². The summed E-state index contributed by atoms with van der Waals surface area (Å²) in [6.07, 6.45) is 1.80. The van der Waals surface area contributed by atoms with Crippen molar-refractivity contribution in [3.8, 4) is 0 Å². The van der Waals surface area contributed by atoms with Gasteiger partial charge in [-0.15, -0.1) is 0 Å². The molecule has 0 saturated carbocycles. The van der Waals surface area contributed by atoms with Crippen LogP contribution >= 0.6 is 0 Å². The van der Waals surface area contributed by atoms with Crippen molar-refractivity contribution in [2.45, 2.75) is 31.9 Å². The molecule has 1 N–H and O–H groups in total. The average Bonchev–Trinajstić information content (AvgIpc) is 2.39. The zero-order chi connectivity index (χ0) is 13.7. The van der Waals surface area contributed by atoms with Crippen LogP contribution in [0.2, 0.25) is 0 Å². The third kappa shape index (κ3) is 4.94. The lowest BCUT2D eigenvalue weighted by atomic mass is 9.94.